The van der Waals surface area contributed by atoms with Crippen molar-refractivity contribution in [3.8, 4) is 12.3 Å². The largest absolute Gasteiger partial charge is 0.310 e. The van der Waals surface area contributed by atoms with Crippen molar-refractivity contribution in [3.63, 3.8) is 0 Å². The van der Waals surface area contributed by atoms with Crippen LogP contribution in [-0.2, 0) is 0 Å². The Morgan fingerprint density at radius 3 is 2.59 bits per heavy atom. The maximum absolute atomic E-state index is 5.35. The zero-order chi connectivity index (χ0) is 12.5. The Balaban J connectivity index is 2.69. The Bertz CT molecular complexity index is 350. The molecule has 0 aliphatic heterocycles. The Morgan fingerprint density at radius 1 is 1.35 bits per heavy atom. The van der Waals surface area contributed by atoms with E-state index in [1.807, 2.05) is 0 Å². The van der Waals surface area contributed by atoms with Gasteiger partial charge in [0.1, 0.15) is 0 Å². The summed E-state index contributed by atoms with van der Waals surface area (Å²) in [5, 5.41) is 3.56. The van der Waals surface area contributed by atoms with Gasteiger partial charge in [0.05, 0.1) is 0 Å². The van der Waals surface area contributed by atoms with Crippen LogP contribution in [0.5, 0.6) is 0 Å². The van der Waals surface area contributed by atoms with Gasteiger partial charge in [0.2, 0.25) is 0 Å². The van der Waals surface area contributed by atoms with Crippen molar-refractivity contribution in [1.82, 2.24) is 5.32 Å². The van der Waals surface area contributed by atoms with Crippen molar-refractivity contribution in [1.29, 1.82) is 0 Å². The summed E-state index contributed by atoms with van der Waals surface area (Å²) in [7, 11) is 0. The van der Waals surface area contributed by atoms with Crippen LogP contribution >= 0.6 is 11.8 Å². The number of nitrogens with one attached hydrogen (secondary N) is 1. The smallest absolute Gasteiger partial charge is 0.0329 e. The molecule has 1 N–H and O–H groups in total. The molecule has 1 aromatic rings. The first-order valence-corrected chi connectivity index (χ1v) is 7.35. The highest BCUT2D eigenvalue weighted by molar-refractivity contribution is 7.98. The molecule has 1 unspecified atom stereocenters. The molecule has 0 heterocycles. The highest BCUT2D eigenvalue weighted by atomic mass is 32.2. The summed E-state index contributed by atoms with van der Waals surface area (Å²) < 4.78 is 0. The third kappa shape index (κ3) is 4.85. The van der Waals surface area contributed by atoms with Crippen LogP contribution in [0.2, 0.25) is 0 Å². The van der Waals surface area contributed by atoms with Crippen LogP contribution in [0.3, 0.4) is 0 Å². The van der Waals surface area contributed by atoms with Crippen LogP contribution in [0.1, 0.15) is 37.8 Å². The summed E-state index contributed by atoms with van der Waals surface area (Å²) in [6, 6.07) is 9.15. The number of hydrogen-bond acceptors (Lipinski definition) is 2. The molecule has 1 atom stereocenters. The molecular weight excluding hydrogens is 226 g/mol. The summed E-state index contributed by atoms with van der Waals surface area (Å²) in [5.41, 5.74) is 1.34. The first kappa shape index (κ1) is 14.2. The quantitative estimate of drug-likeness (QED) is 0.580. The predicted molar refractivity (Wildman–Crippen MR) is 77.3 cm³/mol. The highest BCUT2D eigenvalue weighted by Crippen LogP contribution is 2.22. The molecule has 0 saturated carbocycles. The minimum atomic E-state index is 0.391. The van der Waals surface area contributed by atoms with E-state index in [4.69, 9.17) is 6.42 Å². The summed E-state index contributed by atoms with van der Waals surface area (Å²) >= 11 is 1.77. The van der Waals surface area contributed by atoms with E-state index in [2.05, 4.69) is 48.7 Å². The Labute approximate surface area is 109 Å². The van der Waals surface area contributed by atoms with Gasteiger partial charge in [0, 0.05) is 17.4 Å². The lowest BCUT2D eigenvalue weighted by Crippen LogP contribution is -2.22. The van der Waals surface area contributed by atoms with E-state index < -0.39 is 0 Å². The molecule has 1 aromatic carbocycles. The molecule has 0 radical (unpaired) electrons. The minimum Gasteiger partial charge on any atom is -0.310 e. The summed E-state index contributed by atoms with van der Waals surface area (Å²) in [4.78, 5) is 1.31. The van der Waals surface area contributed by atoms with Crippen molar-refractivity contribution < 1.29 is 0 Å². The van der Waals surface area contributed by atoms with E-state index in [1.54, 1.807) is 11.8 Å². The van der Waals surface area contributed by atoms with Gasteiger partial charge in [0.15, 0.2) is 0 Å². The van der Waals surface area contributed by atoms with Crippen molar-refractivity contribution in [2.75, 3.05) is 12.8 Å². The second kappa shape index (κ2) is 8.22. The van der Waals surface area contributed by atoms with Crippen LogP contribution in [-0.4, -0.2) is 12.8 Å². The third-order valence-electron chi connectivity index (χ3n) is 2.74. The van der Waals surface area contributed by atoms with E-state index in [0.717, 1.165) is 25.8 Å². The van der Waals surface area contributed by atoms with E-state index in [-0.39, 0.29) is 0 Å². The van der Waals surface area contributed by atoms with E-state index >= 15 is 0 Å². The molecule has 1 nitrogen and oxygen atoms in total. The van der Waals surface area contributed by atoms with Gasteiger partial charge in [-0.25, -0.2) is 0 Å². The molecule has 0 saturated heterocycles. The molecule has 0 aliphatic rings. The fourth-order valence-electron chi connectivity index (χ4n) is 1.77. The molecule has 92 valence electrons. The second-order valence-corrected chi connectivity index (χ2v) is 4.90. The van der Waals surface area contributed by atoms with Crippen LogP contribution in [0.4, 0.5) is 0 Å². The van der Waals surface area contributed by atoms with Gasteiger partial charge < -0.3 is 5.32 Å². The van der Waals surface area contributed by atoms with Crippen LogP contribution in [0.25, 0.3) is 0 Å². The number of thioether (sulfide) groups is 1. The molecule has 0 spiro atoms. The predicted octanol–water partition coefficient (Wildman–Crippen LogP) is 3.86. The zero-order valence-electron chi connectivity index (χ0n) is 10.7. The van der Waals surface area contributed by atoms with Crippen LogP contribution in [0, 0.1) is 12.3 Å². The summed E-state index contributed by atoms with van der Waals surface area (Å²) in [5.74, 6) is 2.72. The number of benzene rings is 1. The second-order valence-electron chi connectivity index (χ2n) is 4.02. The van der Waals surface area contributed by atoms with Gasteiger partial charge in [-0.2, -0.15) is 0 Å². The molecule has 0 aliphatic carbocycles. The fourth-order valence-corrected chi connectivity index (χ4v) is 2.18. The van der Waals surface area contributed by atoms with E-state index in [1.165, 1.54) is 10.5 Å². The van der Waals surface area contributed by atoms with Crippen molar-refractivity contribution >= 4 is 11.8 Å². The topological polar surface area (TPSA) is 12.0 Å². The molecule has 1 rings (SSSR count). The zero-order valence-corrected chi connectivity index (χ0v) is 11.5. The standard InChI is InChI=1S/C15H21NS/c1-4-6-7-15(16-12-5-2)13-8-10-14(17-3)11-9-13/h1,8-11,15-16H,5-7,12H2,2-3H3. The van der Waals surface area contributed by atoms with Crippen LogP contribution < -0.4 is 5.32 Å². The van der Waals surface area contributed by atoms with Gasteiger partial charge in [0.25, 0.3) is 0 Å². The van der Waals surface area contributed by atoms with Crippen molar-refractivity contribution in [2.45, 2.75) is 37.1 Å². The lowest BCUT2D eigenvalue weighted by molar-refractivity contribution is 0.505. The number of rotatable bonds is 7. The molecule has 0 amide bonds. The van der Waals surface area contributed by atoms with Gasteiger partial charge in [-0.3, -0.25) is 0 Å². The summed E-state index contributed by atoms with van der Waals surface area (Å²) in [6.45, 7) is 3.22. The number of hydrogen-bond donors (Lipinski definition) is 1. The lowest BCUT2D eigenvalue weighted by atomic mass is 10.0. The van der Waals surface area contributed by atoms with Gasteiger partial charge in [-0.1, -0.05) is 19.1 Å². The number of terminal acetylenes is 1. The van der Waals surface area contributed by atoms with Crippen LogP contribution in [0.15, 0.2) is 29.2 Å². The highest BCUT2D eigenvalue weighted by Gasteiger charge is 2.09. The average Bonchev–Trinajstić information content (AvgIpc) is 2.39. The fraction of sp³-hybridized carbons (Fsp3) is 0.467. The van der Waals surface area contributed by atoms with E-state index in [0.29, 0.717) is 6.04 Å². The van der Waals surface area contributed by atoms with Gasteiger partial charge >= 0.3 is 0 Å². The average molecular weight is 247 g/mol. The monoisotopic (exact) mass is 247 g/mol. The molecule has 0 aromatic heterocycles. The molecular formula is C15H21NS. The summed E-state index contributed by atoms with van der Waals surface area (Å²) in [6.07, 6.45) is 10.4. The third-order valence-corrected chi connectivity index (χ3v) is 3.48. The lowest BCUT2D eigenvalue weighted by Gasteiger charge is -2.18. The normalized spacial score (nSPS) is 12.1. The SMILES string of the molecule is C#CCCC(NCCC)c1ccc(SC)cc1. The first-order chi connectivity index (χ1) is 8.31. The maximum atomic E-state index is 5.35. The minimum absolute atomic E-state index is 0.391. The Kier molecular flexibility index (Phi) is 6.84. The van der Waals surface area contributed by atoms with Gasteiger partial charge in [-0.05, 0) is 43.3 Å². The Morgan fingerprint density at radius 2 is 2.06 bits per heavy atom. The Hall–Kier alpha value is -0.910. The van der Waals surface area contributed by atoms with Gasteiger partial charge in [-0.15, -0.1) is 24.1 Å². The molecule has 0 bridgehead atoms. The molecule has 17 heavy (non-hydrogen) atoms. The first-order valence-electron chi connectivity index (χ1n) is 6.12. The van der Waals surface area contributed by atoms with Crippen molar-refractivity contribution in [3.05, 3.63) is 29.8 Å². The maximum Gasteiger partial charge on any atom is 0.0329 e. The molecule has 2 heteroatoms. The van der Waals surface area contributed by atoms with E-state index in [9.17, 15) is 0 Å². The van der Waals surface area contributed by atoms with Crippen molar-refractivity contribution in [2.24, 2.45) is 0 Å². The molecule has 0 fully saturated rings.